The van der Waals surface area contributed by atoms with Gasteiger partial charge in [0.05, 0.1) is 0 Å². The van der Waals surface area contributed by atoms with E-state index in [1.165, 1.54) is 22.4 Å². The quantitative estimate of drug-likeness (QED) is 0.750. The van der Waals surface area contributed by atoms with Crippen molar-refractivity contribution in [2.24, 2.45) is 5.41 Å². The summed E-state index contributed by atoms with van der Waals surface area (Å²) in [6.45, 7) is 7.82. The number of anilines is 1. The van der Waals surface area contributed by atoms with Gasteiger partial charge in [-0.3, -0.25) is 0 Å². The molecule has 2 nitrogen and oxygen atoms in total. The summed E-state index contributed by atoms with van der Waals surface area (Å²) in [5.41, 5.74) is 5.14. The summed E-state index contributed by atoms with van der Waals surface area (Å²) >= 11 is 3.11. The van der Waals surface area contributed by atoms with E-state index in [-0.39, 0.29) is 11.5 Å². The first-order valence-electron chi connectivity index (χ1n) is 8.61. The van der Waals surface area contributed by atoms with Crippen molar-refractivity contribution in [3.05, 3.63) is 71.3 Å². The molecule has 0 N–H and O–H groups in total. The fourth-order valence-corrected chi connectivity index (χ4v) is 3.66. The summed E-state index contributed by atoms with van der Waals surface area (Å²) in [5, 5.41) is 0. The topological polar surface area (TPSA) is 12.5 Å². The normalized spacial score (nSPS) is 17.0. The minimum absolute atomic E-state index is 0.131. The van der Waals surface area contributed by atoms with Crippen LogP contribution in [0.25, 0.3) is 6.08 Å². The van der Waals surface area contributed by atoms with Gasteiger partial charge in [-0.15, -0.1) is 0 Å². The number of hydrogen-bond donors (Lipinski definition) is 0. The number of nitrogens with zero attached hydrogens (tertiary/aromatic N) is 1. The second-order valence-electron chi connectivity index (χ2n) is 7.65. The van der Waals surface area contributed by atoms with E-state index in [1.807, 2.05) is 0 Å². The summed E-state index contributed by atoms with van der Waals surface area (Å²) in [5.74, 6) is 0. The summed E-state index contributed by atoms with van der Waals surface area (Å²) in [7, 11) is 1.73. The first-order valence-corrected chi connectivity index (χ1v) is 9.25. The molecule has 0 bridgehead atoms. The van der Waals surface area contributed by atoms with Crippen molar-refractivity contribution < 1.29 is 20.6 Å². The zero-order valence-electron chi connectivity index (χ0n) is 15.3. The minimum atomic E-state index is 0.131. The van der Waals surface area contributed by atoms with E-state index in [9.17, 15) is 0 Å². The second-order valence-corrected chi connectivity index (χ2v) is 8.23. The molecule has 0 aromatic heterocycles. The van der Waals surface area contributed by atoms with E-state index in [4.69, 9.17) is 4.74 Å². The van der Waals surface area contributed by atoms with Gasteiger partial charge in [0.25, 0.3) is 0 Å². The van der Waals surface area contributed by atoms with Crippen molar-refractivity contribution in [2.75, 3.05) is 18.6 Å². The van der Waals surface area contributed by atoms with Crippen molar-refractivity contribution in [1.29, 1.82) is 0 Å². The first-order chi connectivity index (χ1) is 11.9. The molecule has 1 unspecified atom stereocenters. The Kier molecular flexibility index (Phi) is 5.30. The van der Waals surface area contributed by atoms with Crippen LogP contribution in [0.5, 0.6) is 0 Å². The summed E-state index contributed by atoms with van der Waals surface area (Å²) in [6.07, 6.45) is 2.25. The van der Waals surface area contributed by atoms with E-state index < -0.39 is 0 Å². The van der Waals surface area contributed by atoms with Crippen LogP contribution in [-0.2, 0) is 20.6 Å². The van der Waals surface area contributed by atoms with E-state index in [0.717, 1.165) is 11.1 Å². The van der Waals surface area contributed by atoms with Gasteiger partial charge in [-0.2, -0.15) is 0 Å². The Morgan fingerprint density at radius 1 is 1.04 bits per heavy atom. The molecule has 1 aliphatic heterocycles. The second kappa shape index (κ2) is 7.30. The Labute approximate surface area is 159 Å². The number of fused-ring (bicyclic) bond motifs is 1. The molecule has 2 aromatic rings. The van der Waals surface area contributed by atoms with Gasteiger partial charge in [-0.05, 0) is 0 Å². The summed E-state index contributed by atoms with van der Waals surface area (Å²) < 4.78 is 6.45. The van der Waals surface area contributed by atoms with Crippen LogP contribution in [0.2, 0.25) is 0 Å². The standard InChI is InChI=1S/C22H25NO.Cr/c1-22(2,3)16-23-20-13-9-8-12-18(20)14-19(15-24-4)21(23)17-10-6-5-7-11-17;/h5-14,21H,16H2,1-4H3;. The van der Waals surface area contributed by atoms with Crippen molar-refractivity contribution in [2.45, 2.75) is 26.8 Å². The van der Waals surface area contributed by atoms with E-state index >= 15 is 0 Å². The maximum atomic E-state index is 5.60. The Morgan fingerprint density at radius 2 is 1.68 bits per heavy atom. The number of rotatable bonds is 4. The molecule has 130 valence electrons. The number of benzene rings is 2. The zero-order chi connectivity index (χ0) is 18.0. The van der Waals surface area contributed by atoms with Gasteiger partial charge >= 0.3 is 159 Å². The third-order valence-electron chi connectivity index (χ3n) is 4.34. The molecule has 0 saturated carbocycles. The summed E-state index contributed by atoms with van der Waals surface area (Å²) in [6, 6.07) is 19.4. The molecule has 0 spiro atoms. The van der Waals surface area contributed by atoms with Crippen LogP contribution in [0.3, 0.4) is 0 Å². The third kappa shape index (κ3) is 3.96. The molecule has 25 heavy (non-hydrogen) atoms. The molecule has 3 rings (SSSR count). The van der Waals surface area contributed by atoms with Gasteiger partial charge < -0.3 is 0 Å². The first kappa shape index (κ1) is 18.1. The average Bonchev–Trinajstić information content (AvgIpc) is 2.60. The molecule has 0 saturated heterocycles. The summed E-state index contributed by atoms with van der Waals surface area (Å²) in [4.78, 5) is 2.51. The van der Waals surface area contributed by atoms with Gasteiger partial charge in [0.1, 0.15) is 0 Å². The Hall–Kier alpha value is -1.66. The molecule has 0 aliphatic carbocycles. The molecule has 1 atom stereocenters. The Balaban J connectivity index is 2.20. The monoisotopic (exact) mass is 371 g/mol. The predicted molar refractivity (Wildman–Crippen MR) is 102 cm³/mol. The zero-order valence-corrected chi connectivity index (χ0v) is 16.6. The molecule has 0 amide bonds. The van der Waals surface area contributed by atoms with Crippen molar-refractivity contribution in [1.82, 2.24) is 0 Å². The van der Waals surface area contributed by atoms with Crippen LogP contribution in [-0.4, -0.2) is 18.2 Å². The van der Waals surface area contributed by atoms with Crippen LogP contribution in [0.15, 0.2) is 60.2 Å². The number of hydrogen-bond acceptors (Lipinski definition) is 2. The van der Waals surface area contributed by atoms with E-state index in [0.29, 0.717) is 0 Å². The average molecular weight is 371 g/mol. The number of methoxy groups -OCH3 is 1. The van der Waals surface area contributed by atoms with Gasteiger partial charge in [-0.1, -0.05) is 0 Å². The third-order valence-corrected chi connectivity index (χ3v) is 4.97. The molecule has 1 aliphatic rings. The van der Waals surface area contributed by atoms with E-state index in [2.05, 4.69) is 102 Å². The van der Waals surface area contributed by atoms with Crippen molar-refractivity contribution in [3.63, 3.8) is 0 Å². The Morgan fingerprint density at radius 3 is 2.32 bits per heavy atom. The van der Waals surface area contributed by atoms with Gasteiger partial charge in [0.15, 0.2) is 0 Å². The number of para-hydroxylation sites is 1. The molecule has 3 heteroatoms. The van der Waals surface area contributed by atoms with Crippen LogP contribution >= 0.6 is 0 Å². The molecule has 0 radical (unpaired) electrons. The SMILES string of the molecule is CO[C](=[Cr])C1=Cc2ccccc2N(CC(C)(C)C)C1c1ccccc1. The van der Waals surface area contributed by atoms with Gasteiger partial charge in [0, 0.05) is 0 Å². The molecular weight excluding hydrogens is 346 g/mol. The van der Waals surface area contributed by atoms with Crippen LogP contribution < -0.4 is 4.90 Å². The molecular formula is C22H25CrNO. The van der Waals surface area contributed by atoms with Crippen LogP contribution in [0.4, 0.5) is 5.69 Å². The maximum absolute atomic E-state index is 5.60. The van der Waals surface area contributed by atoms with Crippen molar-refractivity contribution in [3.8, 4) is 0 Å². The fourth-order valence-electron chi connectivity index (χ4n) is 3.40. The van der Waals surface area contributed by atoms with Crippen LogP contribution in [0.1, 0.15) is 37.9 Å². The molecule has 2 aromatic carbocycles. The fraction of sp³-hybridized carbons (Fsp3) is 0.318. The predicted octanol–water partition coefficient (Wildman–Crippen LogP) is 5.00. The molecule has 1 heterocycles. The Bertz CT molecular complexity index is 789. The molecule has 0 fully saturated rings. The van der Waals surface area contributed by atoms with Crippen LogP contribution in [0, 0.1) is 5.41 Å². The number of ether oxygens (including phenoxy) is 1. The van der Waals surface area contributed by atoms with Gasteiger partial charge in [0.2, 0.25) is 0 Å². The van der Waals surface area contributed by atoms with Gasteiger partial charge in [-0.25, -0.2) is 0 Å². The van der Waals surface area contributed by atoms with Crippen molar-refractivity contribution >= 4 is 16.3 Å². The van der Waals surface area contributed by atoms with E-state index in [1.54, 1.807) is 7.11 Å².